The summed E-state index contributed by atoms with van der Waals surface area (Å²) in [5.41, 5.74) is 0.554. The summed E-state index contributed by atoms with van der Waals surface area (Å²) >= 11 is 0. The molecule has 160 valence electrons. The Morgan fingerprint density at radius 1 is 1.23 bits per heavy atom. The minimum atomic E-state index is -3.45. The van der Waals surface area contributed by atoms with Gasteiger partial charge in [-0.1, -0.05) is 36.4 Å². The van der Waals surface area contributed by atoms with E-state index in [1.807, 2.05) is 18.2 Å². The summed E-state index contributed by atoms with van der Waals surface area (Å²) < 4.78 is 42.0. The zero-order valence-electron chi connectivity index (χ0n) is 16.9. The van der Waals surface area contributed by atoms with Crippen LogP contribution in [0.4, 0.5) is 23.7 Å². The Morgan fingerprint density at radius 2 is 2.00 bits per heavy atom. The first-order valence-electron chi connectivity index (χ1n) is 10.0. The summed E-state index contributed by atoms with van der Waals surface area (Å²) in [6, 6.07) is 12.7. The van der Waals surface area contributed by atoms with Crippen LogP contribution in [0.15, 0.2) is 60.7 Å². The highest BCUT2D eigenvalue weighted by Gasteiger charge is 2.31. The van der Waals surface area contributed by atoms with Gasteiger partial charge in [-0.25, -0.2) is 9.18 Å². The van der Waals surface area contributed by atoms with E-state index >= 15 is 0 Å². The minimum absolute atomic E-state index is 0.0492. The van der Waals surface area contributed by atoms with Crippen molar-refractivity contribution < 1.29 is 18.0 Å². The number of allylic oxidation sites excluding steroid dienone is 2. The highest BCUT2D eigenvalue weighted by molar-refractivity contribution is 5.89. The first-order valence-corrected chi connectivity index (χ1v) is 10.0. The molecule has 1 heterocycles. The van der Waals surface area contributed by atoms with E-state index in [0.29, 0.717) is 12.6 Å². The molecule has 3 rings (SSSR count). The van der Waals surface area contributed by atoms with Crippen LogP contribution in [-0.4, -0.2) is 30.1 Å². The molecule has 1 unspecified atom stereocenters. The lowest BCUT2D eigenvalue weighted by atomic mass is 10.0. The van der Waals surface area contributed by atoms with Crippen molar-refractivity contribution in [1.29, 1.82) is 0 Å². The number of piperidine rings is 1. The molecule has 7 heteroatoms. The summed E-state index contributed by atoms with van der Waals surface area (Å²) in [6.45, 7) is 3.90. The Balaban J connectivity index is 1.59. The average molecular weight is 417 g/mol. The fourth-order valence-electron chi connectivity index (χ4n) is 3.67. The summed E-state index contributed by atoms with van der Waals surface area (Å²) in [7, 11) is 0. The van der Waals surface area contributed by atoms with Gasteiger partial charge in [-0.15, -0.1) is 0 Å². The predicted octanol–water partition coefficient (Wildman–Crippen LogP) is 5.28. The maximum Gasteiger partial charge on any atom is 0.319 e. The molecule has 1 aliphatic heterocycles. The number of alkyl halides is 2. The molecule has 2 N–H and O–H groups in total. The number of urea groups is 1. The molecule has 1 fully saturated rings. The van der Waals surface area contributed by atoms with Gasteiger partial charge in [-0.2, -0.15) is 8.78 Å². The van der Waals surface area contributed by atoms with Gasteiger partial charge < -0.3 is 10.6 Å². The van der Waals surface area contributed by atoms with Gasteiger partial charge in [0.1, 0.15) is 5.82 Å². The number of hydrogen-bond donors (Lipinski definition) is 2. The fourth-order valence-corrected chi connectivity index (χ4v) is 3.67. The van der Waals surface area contributed by atoms with Crippen LogP contribution in [0.5, 0.6) is 0 Å². The molecule has 2 amide bonds. The summed E-state index contributed by atoms with van der Waals surface area (Å²) in [6.07, 6.45) is 3.58. The van der Waals surface area contributed by atoms with Crippen LogP contribution in [0, 0.1) is 5.82 Å². The van der Waals surface area contributed by atoms with Gasteiger partial charge >= 0.3 is 6.03 Å². The number of hydrogen-bond acceptors (Lipinski definition) is 2. The molecule has 0 saturated carbocycles. The SMILES string of the molecule is CC=CC(F)(F)c1cc(NC(=O)NC2CCCN(Cc3ccccc3)C2)ccc1F. The highest BCUT2D eigenvalue weighted by atomic mass is 19.3. The fraction of sp³-hybridized carbons (Fsp3) is 0.348. The van der Waals surface area contributed by atoms with Crippen molar-refractivity contribution in [3.8, 4) is 0 Å². The second kappa shape index (κ2) is 9.80. The van der Waals surface area contributed by atoms with Crippen LogP contribution in [-0.2, 0) is 12.5 Å². The van der Waals surface area contributed by atoms with Gasteiger partial charge in [0.25, 0.3) is 5.92 Å². The number of amides is 2. The summed E-state index contributed by atoms with van der Waals surface area (Å²) in [4.78, 5) is 14.7. The molecule has 2 aromatic rings. The number of halogens is 3. The second-order valence-corrected chi connectivity index (χ2v) is 7.48. The Labute approximate surface area is 174 Å². The standard InChI is InChI=1S/C23H26F3N3O/c1-2-12-23(25,26)20-14-18(10-11-21(20)24)27-22(30)28-19-9-6-13-29(16-19)15-17-7-4-3-5-8-17/h2-5,7-8,10-12,14,19H,6,9,13,15-16H2,1H3,(H2,27,28,30). The Morgan fingerprint density at radius 3 is 2.73 bits per heavy atom. The molecule has 0 aromatic heterocycles. The molecular formula is C23H26F3N3O. The average Bonchev–Trinajstić information content (AvgIpc) is 2.70. The number of carbonyl (C=O) groups excluding carboxylic acids is 1. The first kappa shape index (κ1) is 21.9. The van der Waals surface area contributed by atoms with E-state index < -0.39 is 23.3 Å². The third kappa shape index (κ3) is 5.86. The largest absolute Gasteiger partial charge is 0.334 e. The van der Waals surface area contributed by atoms with E-state index in [4.69, 9.17) is 0 Å². The number of nitrogens with zero attached hydrogens (tertiary/aromatic N) is 1. The maximum absolute atomic E-state index is 14.1. The molecule has 30 heavy (non-hydrogen) atoms. The van der Waals surface area contributed by atoms with Crippen molar-refractivity contribution in [1.82, 2.24) is 10.2 Å². The third-order valence-corrected chi connectivity index (χ3v) is 5.05. The van der Waals surface area contributed by atoms with E-state index in [0.717, 1.165) is 44.1 Å². The van der Waals surface area contributed by atoms with Gasteiger partial charge in [0.15, 0.2) is 0 Å². The molecule has 0 spiro atoms. The van der Waals surface area contributed by atoms with Gasteiger partial charge in [-0.05, 0) is 56.1 Å². The second-order valence-electron chi connectivity index (χ2n) is 7.48. The number of benzene rings is 2. The van der Waals surface area contributed by atoms with Gasteiger partial charge in [-0.3, -0.25) is 4.90 Å². The molecule has 0 radical (unpaired) electrons. The predicted molar refractivity (Wildman–Crippen MR) is 112 cm³/mol. The number of anilines is 1. The Kier molecular flexibility index (Phi) is 7.15. The minimum Gasteiger partial charge on any atom is -0.334 e. The molecule has 1 aliphatic rings. The molecule has 2 aromatic carbocycles. The van der Waals surface area contributed by atoms with Crippen molar-refractivity contribution in [2.45, 2.75) is 38.3 Å². The lowest BCUT2D eigenvalue weighted by Gasteiger charge is -2.33. The third-order valence-electron chi connectivity index (χ3n) is 5.05. The number of carbonyl (C=O) groups is 1. The number of rotatable bonds is 6. The van der Waals surface area contributed by atoms with E-state index in [9.17, 15) is 18.0 Å². The number of nitrogens with one attached hydrogen (secondary N) is 2. The van der Waals surface area contributed by atoms with Gasteiger partial charge in [0.2, 0.25) is 0 Å². The molecule has 1 saturated heterocycles. The topological polar surface area (TPSA) is 44.4 Å². The monoisotopic (exact) mass is 417 g/mol. The van der Waals surface area contributed by atoms with Crippen molar-refractivity contribution >= 4 is 11.7 Å². The van der Waals surface area contributed by atoms with Crippen LogP contribution in [0.3, 0.4) is 0 Å². The molecular weight excluding hydrogens is 391 g/mol. The molecule has 0 bridgehead atoms. The Bertz CT molecular complexity index is 887. The zero-order chi connectivity index (χ0) is 21.6. The lowest BCUT2D eigenvalue weighted by molar-refractivity contribution is 0.0480. The zero-order valence-corrected chi connectivity index (χ0v) is 16.9. The summed E-state index contributed by atoms with van der Waals surface area (Å²) in [5, 5.41) is 5.44. The van der Waals surface area contributed by atoms with E-state index in [1.54, 1.807) is 0 Å². The van der Waals surface area contributed by atoms with Gasteiger partial charge in [0.05, 0.1) is 5.56 Å². The van der Waals surface area contributed by atoms with Crippen LogP contribution in [0.25, 0.3) is 0 Å². The first-order chi connectivity index (χ1) is 14.4. The van der Waals surface area contributed by atoms with E-state index in [-0.39, 0.29) is 11.7 Å². The van der Waals surface area contributed by atoms with E-state index in [1.165, 1.54) is 18.6 Å². The molecule has 1 atom stereocenters. The Hall–Kier alpha value is -2.80. The smallest absolute Gasteiger partial charge is 0.319 e. The maximum atomic E-state index is 14.1. The van der Waals surface area contributed by atoms with Crippen LogP contribution in [0.2, 0.25) is 0 Å². The normalized spacial score (nSPS) is 17.8. The van der Waals surface area contributed by atoms with Crippen LogP contribution >= 0.6 is 0 Å². The van der Waals surface area contributed by atoms with Crippen LogP contribution < -0.4 is 10.6 Å². The van der Waals surface area contributed by atoms with Crippen LogP contribution in [0.1, 0.15) is 30.9 Å². The highest BCUT2D eigenvalue weighted by Crippen LogP contribution is 2.33. The molecule has 0 aliphatic carbocycles. The van der Waals surface area contributed by atoms with E-state index in [2.05, 4.69) is 27.7 Å². The van der Waals surface area contributed by atoms with Crippen molar-refractivity contribution in [3.05, 3.63) is 77.6 Å². The molecule has 4 nitrogen and oxygen atoms in total. The van der Waals surface area contributed by atoms with Crippen molar-refractivity contribution in [2.75, 3.05) is 18.4 Å². The van der Waals surface area contributed by atoms with Crippen molar-refractivity contribution in [3.63, 3.8) is 0 Å². The quantitative estimate of drug-likeness (QED) is 0.628. The number of likely N-dealkylation sites (tertiary alicyclic amines) is 1. The summed E-state index contributed by atoms with van der Waals surface area (Å²) in [5.74, 6) is -4.47. The van der Waals surface area contributed by atoms with Gasteiger partial charge in [0, 0.05) is 24.8 Å². The van der Waals surface area contributed by atoms with Crippen molar-refractivity contribution in [2.24, 2.45) is 0 Å². The lowest BCUT2D eigenvalue weighted by Crippen LogP contribution is -2.48.